The van der Waals surface area contributed by atoms with Gasteiger partial charge in [-0.25, -0.2) is 0 Å². The standard InChI is InChI=1S/C8H7ClN6O5.C7H8O3S/c9-5-1-2-6(14(17)18)7(15(19)20)4(5)3-12-13(16)8(10)11;1-6-2-4-7(5-3-6)11(8,9)10/h1-3,16H,(H3,10,11);2-5H,1H3,(H,8,9,10). The van der Waals surface area contributed by atoms with Gasteiger partial charge < -0.3 is 5.73 Å². The van der Waals surface area contributed by atoms with Crippen LogP contribution in [0.15, 0.2) is 46.4 Å². The van der Waals surface area contributed by atoms with E-state index in [9.17, 15) is 28.6 Å². The normalized spacial score (nSPS) is 10.8. The number of aryl methyl sites for hydroxylation is 1. The molecule has 0 atom stereocenters. The SMILES string of the molecule is Cc1ccc(S(=O)(=O)O)cc1.N=C(N)N(O)N=Cc1c(Cl)ccc([N+](=O)[O-])c1[N+](=O)[O-]. The molecule has 166 valence electrons. The maximum Gasteiger partial charge on any atom is 0.356 e. The second-order valence-corrected chi connectivity index (χ2v) is 7.38. The van der Waals surface area contributed by atoms with E-state index in [4.69, 9.17) is 32.5 Å². The summed E-state index contributed by atoms with van der Waals surface area (Å²) in [6, 6.07) is 7.94. The number of nitrogens with one attached hydrogen (secondary N) is 1. The highest BCUT2D eigenvalue weighted by atomic mass is 35.5. The van der Waals surface area contributed by atoms with Crippen LogP contribution in [0.5, 0.6) is 0 Å². The van der Waals surface area contributed by atoms with Crippen LogP contribution < -0.4 is 5.73 Å². The van der Waals surface area contributed by atoms with Crippen molar-refractivity contribution in [3.63, 3.8) is 0 Å². The fraction of sp³-hybridized carbons (Fsp3) is 0.0667. The summed E-state index contributed by atoms with van der Waals surface area (Å²) < 4.78 is 29.6. The van der Waals surface area contributed by atoms with E-state index in [-0.39, 0.29) is 15.1 Å². The van der Waals surface area contributed by atoms with E-state index in [0.29, 0.717) is 6.21 Å². The maximum absolute atomic E-state index is 10.9. The fourth-order valence-corrected chi connectivity index (χ4v) is 2.60. The van der Waals surface area contributed by atoms with Crippen LogP contribution in [0, 0.1) is 32.6 Å². The van der Waals surface area contributed by atoms with Crippen molar-refractivity contribution in [3.05, 3.63) is 72.8 Å². The zero-order valence-electron chi connectivity index (χ0n) is 15.5. The highest BCUT2D eigenvalue weighted by Crippen LogP contribution is 2.34. The second-order valence-electron chi connectivity index (χ2n) is 5.55. The third kappa shape index (κ3) is 7.27. The Labute approximate surface area is 179 Å². The van der Waals surface area contributed by atoms with Crippen LogP contribution in [0.4, 0.5) is 11.4 Å². The van der Waals surface area contributed by atoms with Gasteiger partial charge in [-0.1, -0.05) is 29.3 Å². The number of nitrogens with two attached hydrogens (primary N) is 1. The van der Waals surface area contributed by atoms with Gasteiger partial charge in [0.15, 0.2) is 0 Å². The molecule has 0 saturated carbocycles. The van der Waals surface area contributed by atoms with Crippen LogP contribution >= 0.6 is 11.6 Å². The van der Waals surface area contributed by atoms with Crippen molar-refractivity contribution in [2.45, 2.75) is 11.8 Å². The Morgan fingerprint density at radius 2 is 1.74 bits per heavy atom. The number of guanidine groups is 1. The summed E-state index contributed by atoms with van der Waals surface area (Å²) in [4.78, 5) is 19.6. The van der Waals surface area contributed by atoms with Crippen molar-refractivity contribution in [2.75, 3.05) is 0 Å². The maximum atomic E-state index is 10.9. The van der Waals surface area contributed by atoms with Crippen molar-refractivity contribution in [1.29, 1.82) is 5.41 Å². The van der Waals surface area contributed by atoms with Crippen LogP contribution in [0.2, 0.25) is 5.02 Å². The molecule has 0 aromatic heterocycles. The van der Waals surface area contributed by atoms with Gasteiger partial charge in [0.2, 0.25) is 5.96 Å². The summed E-state index contributed by atoms with van der Waals surface area (Å²) in [5, 5.41) is 40.4. The minimum Gasteiger partial charge on any atom is -0.367 e. The Kier molecular flexibility index (Phi) is 8.51. The predicted molar refractivity (Wildman–Crippen MR) is 109 cm³/mol. The van der Waals surface area contributed by atoms with Crippen molar-refractivity contribution in [1.82, 2.24) is 5.17 Å². The first kappa shape index (κ1) is 25.4. The lowest BCUT2D eigenvalue weighted by molar-refractivity contribution is -0.422. The summed E-state index contributed by atoms with van der Waals surface area (Å²) in [6.45, 7) is 1.84. The van der Waals surface area contributed by atoms with E-state index in [1.807, 2.05) is 6.92 Å². The van der Waals surface area contributed by atoms with E-state index in [0.717, 1.165) is 17.7 Å². The zero-order chi connectivity index (χ0) is 23.9. The highest BCUT2D eigenvalue weighted by Gasteiger charge is 2.29. The average molecular weight is 475 g/mol. The number of rotatable bonds is 5. The molecule has 16 heteroatoms. The molecule has 0 unspecified atom stereocenters. The van der Waals surface area contributed by atoms with Crippen molar-refractivity contribution >= 4 is 45.3 Å². The van der Waals surface area contributed by atoms with Gasteiger partial charge in [0.1, 0.15) is 0 Å². The largest absolute Gasteiger partial charge is 0.367 e. The molecular weight excluding hydrogens is 460 g/mol. The number of benzene rings is 2. The molecule has 0 aliphatic carbocycles. The predicted octanol–water partition coefficient (Wildman–Crippen LogP) is 2.32. The Morgan fingerprint density at radius 3 is 2.16 bits per heavy atom. The summed E-state index contributed by atoms with van der Waals surface area (Å²) in [5.41, 5.74) is 3.77. The van der Waals surface area contributed by atoms with Gasteiger partial charge in [-0.05, 0) is 25.1 Å². The number of hydrogen-bond donors (Lipinski definition) is 4. The lowest BCUT2D eigenvalue weighted by atomic mass is 10.1. The first-order valence-electron chi connectivity index (χ1n) is 7.78. The number of halogens is 1. The molecule has 0 heterocycles. The number of nitro benzene ring substituents is 2. The van der Waals surface area contributed by atoms with Crippen LogP contribution in [0.1, 0.15) is 11.1 Å². The molecule has 2 aromatic carbocycles. The Hall–Kier alpha value is -3.66. The molecule has 2 rings (SSSR count). The Morgan fingerprint density at radius 1 is 1.19 bits per heavy atom. The first-order chi connectivity index (χ1) is 14.3. The van der Waals surface area contributed by atoms with E-state index in [1.54, 1.807) is 12.1 Å². The summed E-state index contributed by atoms with van der Waals surface area (Å²) in [6.07, 6.45) is 0.689. The number of nitro groups is 2. The molecule has 14 nitrogen and oxygen atoms in total. The third-order valence-corrected chi connectivity index (χ3v) is 4.55. The molecule has 0 aliphatic rings. The molecule has 0 amide bonds. The van der Waals surface area contributed by atoms with Crippen LogP contribution in [0.3, 0.4) is 0 Å². The minimum absolute atomic E-state index is 0.0666. The van der Waals surface area contributed by atoms with Crippen molar-refractivity contribution in [3.8, 4) is 0 Å². The quantitative estimate of drug-likeness (QED) is 0.162. The number of hydrogen-bond acceptors (Lipinski definition) is 9. The second kappa shape index (κ2) is 10.4. The number of hydrazone groups is 1. The molecule has 5 N–H and O–H groups in total. The van der Waals surface area contributed by atoms with Gasteiger partial charge in [0.05, 0.1) is 31.5 Å². The molecular formula is C15H15ClN6O8S. The highest BCUT2D eigenvalue weighted by molar-refractivity contribution is 7.85. The lowest BCUT2D eigenvalue weighted by Crippen LogP contribution is -2.29. The molecule has 31 heavy (non-hydrogen) atoms. The summed E-state index contributed by atoms with van der Waals surface area (Å²) >= 11 is 5.71. The smallest absolute Gasteiger partial charge is 0.356 e. The van der Waals surface area contributed by atoms with E-state index < -0.39 is 42.9 Å². The monoisotopic (exact) mass is 474 g/mol. The summed E-state index contributed by atoms with van der Waals surface area (Å²) in [7, 11) is -4.02. The van der Waals surface area contributed by atoms with Crippen LogP contribution in [-0.2, 0) is 10.1 Å². The molecule has 0 spiro atoms. The average Bonchev–Trinajstić information content (AvgIpc) is 2.66. The van der Waals surface area contributed by atoms with E-state index in [2.05, 4.69) is 5.10 Å². The lowest BCUT2D eigenvalue weighted by Gasteiger charge is -2.06. The van der Waals surface area contributed by atoms with Gasteiger partial charge in [-0.2, -0.15) is 13.5 Å². The van der Waals surface area contributed by atoms with Gasteiger partial charge >= 0.3 is 11.4 Å². The molecule has 2 aromatic rings. The molecule has 0 fully saturated rings. The number of nitrogens with zero attached hydrogens (tertiary/aromatic N) is 4. The summed E-state index contributed by atoms with van der Waals surface area (Å²) in [5.74, 6) is -0.856. The van der Waals surface area contributed by atoms with Crippen LogP contribution in [0.25, 0.3) is 0 Å². The van der Waals surface area contributed by atoms with Gasteiger partial charge in [0.25, 0.3) is 10.1 Å². The third-order valence-electron chi connectivity index (χ3n) is 3.35. The van der Waals surface area contributed by atoms with Crippen LogP contribution in [-0.4, -0.2) is 45.4 Å². The fourth-order valence-electron chi connectivity index (χ4n) is 1.92. The van der Waals surface area contributed by atoms with Crippen molar-refractivity contribution < 1.29 is 28.0 Å². The van der Waals surface area contributed by atoms with Gasteiger partial charge in [0, 0.05) is 6.07 Å². The Balaban J connectivity index is 0.000000367. The molecule has 0 aliphatic heterocycles. The van der Waals surface area contributed by atoms with E-state index >= 15 is 0 Å². The topological polar surface area (TPSA) is 226 Å². The van der Waals surface area contributed by atoms with Gasteiger partial charge in [-0.3, -0.25) is 35.4 Å². The Bertz CT molecular complexity index is 1140. The first-order valence-corrected chi connectivity index (χ1v) is 9.60. The molecule has 0 radical (unpaired) electrons. The van der Waals surface area contributed by atoms with E-state index in [1.165, 1.54) is 12.1 Å². The minimum atomic E-state index is -4.02. The number of hydroxylamine groups is 1. The molecule has 0 bridgehead atoms. The van der Waals surface area contributed by atoms with Crippen molar-refractivity contribution in [2.24, 2.45) is 10.8 Å². The van der Waals surface area contributed by atoms with Gasteiger partial charge in [-0.15, -0.1) is 5.17 Å². The molecule has 0 saturated heterocycles. The zero-order valence-corrected chi connectivity index (χ0v) is 17.1.